The summed E-state index contributed by atoms with van der Waals surface area (Å²) in [6, 6.07) is 10.4. The number of nitrogens with two attached hydrogens (primary N) is 1. The topological polar surface area (TPSA) is 73.1 Å². The molecule has 2 N–H and O–H groups in total. The number of primary sulfonamides is 1. The second-order valence-electron chi connectivity index (χ2n) is 5.75. The van der Waals surface area contributed by atoms with Crippen LogP contribution < -0.4 is 5.14 Å². The van der Waals surface area contributed by atoms with Crippen LogP contribution in [0.5, 0.6) is 0 Å². The predicted molar refractivity (Wildman–Crippen MR) is 79.7 cm³/mol. The van der Waals surface area contributed by atoms with Crippen LogP contribution in [0.15, 0.2) is 47.5 Å². The molecule has 1 heterocycles. The third-order valence-corrected chi connectivity index (χ3v) is 3.94. The third kappa shape index (κ3) is 3.23. The number of rotatable bonds is 2. The Balaban J connectivity index is 2.43. The highest BCUT2D eigenvalue weighted by atomic mass is 32.2. The zero-order valence-corrected chi connectivity index (χ0v) is 12.6. The third-order valence-electron chi connectivity index (χ3n) is 3.03. The molecule has 1 aromatic heterocycles. The molecule has 0 atom stereocenters. The van der Waals surface area contributed by atoms with Crippen molar-refractivity contribution >= 4 is 10.0 Å². The summed E-state index contributed by atoms with van der Waals surface area (Å²) in [4.78, 5) is 4.54. The first-order chi connectivity index (χ1) is 9.18. The first-order valence-electron chi connectivity index (χ1n) is 6.28. The van der Waals surface area contributed by atoms with Crippen LogP contribution >= 0.6 is 0 Å². The average molecular weight is 290 g/mol. The molecule has 4 nitrogen and oxygen atoms in total. The lowest BCUT2D eigenvalue weighted by atomic mass is 9.91. The van der Waals surface area contributed by atoms with Gasteiger partial charge in [-0.3, -0.25) is 4.98 Å². The van der Waals surface area contributed by atoms with Crippen LogP contribution in [0, 0.1) is 0 Å². The van der Waals surface area contributed by atoms with E-state index in [1.165, 1.54) is 6.07 Å². The SMILES string of the molecule is CC(C)(C)c1ccc(-c2cccc(S(N)(=O)=O)c2)cn1. The second-order valence-corrected chi connectivity index (χ2v) is 7.32. The molecule has 5 heteroatoms. The Morgan fingerprint density at radius 2 is 1.75 bits per heavy atom. The summed E-state index contributed by atoms with van der Waals surface area (Å²) in [5.41, 5.74) is 2.62. The second kappa shape index (κ2) is 5.00. The van der Waals surface area contributed by atoms with Crippen LogP contribution in [0.1, 0.15) is 26.5 Å². The number of benzene rings is 1. The first-order valence-corrected chi connectivity index (χ1v) is 7.82. The van der Waals surface area contributed by atoms with E-state index in [0.29, 0.717) is 0 Å². The Kier molecular flexibility index (Phi) is 3.67. The summed E-state index contributed by atoms with van der Waals surface area (Å²) >= 11 is 0. The van der Waals surface area contributed by atoms with E-state index in [1.54, 1.807) is 18.3 Å². The van der Waals surface area contributed by atoms with Crippen LogP contribution in [0.4, 0.5) is 0 Å². The molecule has 0 aliphatic rings. The molecule has 0 bridgehead atoms. The van der Waals surface area contributed by atoms with Crippen LogP contribution in [0.3, 0.4) is 0 Å². The predicted octanol–water partition coefficient (Wildman–Crippen LogP) is 2.69. The molecule has 0 fully saturated rings. The molecular weight excluding hydrogens is 272 g/mol. The van der Waals surface area contributed by atoms with Crippen LogP contribution in [0.2, 0.25) is 0 Å². The van der Waals surface area contributed by atoms with Crippen molar-refractivity contribution in [1.29, 1.82) is 0 Å². The Labute approximate surface area is 119 Å². The largest absolute Gasteiger partial charge is 0.260 e. The molecule has 0 aliphatic heterocycles. The summed E-state index contributed by atoms with van der Waals surface area (Å²) in [6.07, 6.45) is 1.75. The molecule has 2 aromatic rings. The van der Waals surface area contributed by atoms with E-state index in [2.05, 4.69) is 25.8 Å². The maximum atomic E-state index is 11.4. The van der Waals surface area contributed by atoms with Gasteiger partial charge in [0.2, 0.25) is 10.0 Å². The summed E-state index contributed by atoms with van der Waals surface area (Å²) < 4.78 is 22.7. The number of hydrogen-bond acceptors (Lipinski definition) is 3. The van der Waals surface area contributed by atoms with Crippen LogP contribution in [-0.2, 0) is 15.4 Å². The Hall–Kier alpha value is -1.72. The van der Waals surface area contributed by atoms with Gasteiger partial charge in [-0.25, -0.2) is 13.6 Å². The van der Waals surface area contributed by atoms with Crippen molar-refractivity contribution in [3.63, 3.8) is 0 Å². The first kappa shape index (κ1) is 14.7. The standard InChI is InChI=1S/C15H18N2O2S/c1-15(2,3)14-8-7-12(10-17-14)11-5-4-6-13(9-11)20(16,18)19/h4-10H,1-3H3,(H2,16,18,19). The van der Waals surface area contributed by atoms with E-state index in [9.17, 15) is 8.42 Å². The van der Waals surface area contributed by atoms with Crippen molar-refractivity contribution in [2.45, 2.75) is 31.1 Å². The number of pyridine rings is 1. The van der Waals surface area contributed by atoms with Crippen LogP contribution in [-0.4, -0.2) is 13.4 Å². The van der Waals surface area contributed by atoms with Gasteiger partial charge in [0.15, 0.2) is 0 Å². The minimum absolute atomic E-state index is 0.0129. The minimum Gasteiger partial charge on any atom is -0.260 e. The van der Waals surface area contributed by atoms with Crippen molar-refractivity contribution in [2.24, 2.45) is 5.14 Å². The van der Waals surface area contributed by atoms with Gasteiger partial charge in [0.1, 0.15) is 0 Å². The molecule has 0 saturated carbocycles. The van der Waals surface area contributed by atoms with Crippen molar-refractivity contribution in [3.8, 4) is 11.1 Å². The fraction of sp³-hybridized carbons (Fsp3) is 0.267. The lowest BCUT2D eigenvalue weighted by molar-refractivity contribution is 0.569. The van der Waals surface area contributed by atoms with Gasteiger partial charge in [-0.15, -0.1) is 0 Å². The normalized spacial score (nSPS) is 12.4. The number of sulfonamides is 1. The Morgan fingerprint density at radius 1 is 1.05 bits per heavy atom. The van der Waals surface area contributed by atoms with Gasteiger partial charge in [-0.2, -0.15) is 0 Å². The molecule has 20 heavy (non-hydrogen) atoms. The van der Waals surface area contributed by atoms with Gasteiger partial charge in [-0.05, 0) is 23.8 Å². The monoisotopic (exact) mass is 290 g/mol. The number of nitrogens with zero attached hydrogens (tertiary/aromatic N) is 1. The molecule has 0 spiro atoms. The molecule has 0 amide bonds. The molecule has 0 unspecified atom stereocenters. The number of hydrogen-bond donors (Lipinski definition) is 1. The zero-order chi connectivity index (χ0) is 15.0. The van der Waals surface area contributed by atoms with Crippen LogP contribution in [0.25, 0.3) is 11.1 Å². The lowest BCUT2D eigenvalue weighted by Gasteiger charge is -2.17. The van der Waals surface area contributed by atoms with E-state index in [4.69, 9.17) is 5.14 Å². The van der Waals surface area contributed by atoms with Crippen molar-refractivity contribution in [3.05, 3.63) is 48.3 Å². The van der Waals surface area contributed by atoms with E-state index in [0.717, 1.165) is 16.8 Å². The van der Waals surface area contributed by atoms with E-state index >= 15 is 0 Å². The molecular formula is C15H18N2O2S. The van der Waals surface area contributed by atoms with Gasteiger partial charge in [-0.1, -0.05) is 39.0 Å². The fourth-order valence-electron chi connectivity index (χ4n) is 1.86. The Morgan fingerprint density at radius 3 is 2.25 bits per heavy atom. The quantitative estimate of drug-likeness (QED) is 0.924. The molecule has 106 valence electrons. The van der Waals surface area contributed by atoms with Crippen molar-refractivity contribution < 1.29 is 8.42 Å². The summed E-state index contributed by atoms with van der Waals surface area (Å²) in [6.45, 7) is 6.28. The van der Waals surface area contributed by atoms with E-state index < -0.39 is 10.0 Å². The zero-order valence-electron chi connectivity index (χ0n) is 11.8. The average Bonchev–Trinajstić information content (AvgIpc) is 2.37. The highest BCUT2D eigenvalue weighted by Crippen LogP contribution is 2.25. The van der Waals surface area contributed by atoms with Crippen molar-refractivity contribution in [1.82, 2.24) is 4.98 Å². The molecule has 0 saturated heterocycles. The van der Waals surface area contributed by atoms with Gasteiger partial charge in [0, 0.05) is 22.9 Å². The highest BCUT2D eigenvalue weighted by molar-refractivity contribution is 7.89. The highest BCUT2D eigenvalue weighted by Gasteiger charge is 2.15. The van der Waals surface area contributed by atoms with Gasteiger partial charge in [0.05, 0.1) is 4.90 Å². The smallest absolute Gasteiger partial charge is 0.238 e. The summed E-state index contributed by atoms with van der Waals surface area (Å²) in [5, 5.41) is 5.14. The van der Waals surface area contributed by atoms with Gasteiger partial charge in [0.25, 0.3) is 0 Å². The number of aromatic nitrogens is 1. The van der Waals surface area contributed by atoms with Crippen molar-refractivity contribution in [2.75, 3.05) is 0 Å². The minimum atomic E-state index is -3.69. The van der Waals surface area contributed by atoms with E-state index in [1.807, 2.05) is 18.2 Å². The van der Waals surface area contributed by atoms with Gasteiger partial charge < -0.3 is 0 Å². The molecule has 1 aromatic carbocycles. The lowest BCUT2D eigenvalue weighted by Crippen LogP contribution is -2.13. The summed E-state index contributed by atoms with van der Waals surface area (Å²) in [5.74, 6) is 0. The maximum absolute atomic E-state index is 11.4. The fourth-order valence-corrected chi connectivity index (χ4v) is 2.42. The molecule has 0 radical (unpaired) electrons. The molecule has 2 rings (SSSR count). The maximum Gasteiger partial charge on any atom is 0.238 e. The van der Waals surface area contributed by atoms with Gasteiger partial charge >= 0.3 is 0 Å². The van der Waals surface area contributed by atoms with E-state index in [-0.39, 0.29) is 10.3 Å². The summed E-state index contributed by atoms with van der Waals surface area (Å²) in [7, 11) is -3.69. The Bertz CT molecular complexity index is 714. The molecule has 0 aliphatic carbocycles.